The third-order valence-corrected chi connectivity index (χ3v) is 3.81. The van der Waals surface area contributed by atoms with Gasteiger partial charge in [-0.3, -0.25) is 24.3 Å². The van der Waals surface area contributed by atoms with Crippen LogP contribution in [0, 0.1) is 21.7 Å². The van der Waals surface area contributed by atoms with E-state index in [2.05, 4.69) is 4.98 Å². The number of fused-ring (bicyclic) bond motifs is 4. The molecule has 2 aromatic carbocycles. The summed E-state index contributed by atoms with van der Waals surface area (Å²) >= 11 is 0. The molecule has 4 rings (SSSR count). The van der Waals surface area contributed by atoms with Crippen molar-refractivity contribution < 1.29 is 18.5 Å². The summed E-state index contributed by atoms with van der Waals surface area (Å²) in [6.07, 6.45) is 0. The average molecular weight is 329 g/mol. The number of nitrogens with zero attached hydrogens (tertiary/aromatic N) is 3. The summed E-state index contributed by atoms with van der Waals surface area (Å²) in [6, 6.07) is 5.23. The van der Waals surface area contributed by atoms with Crippen LogP contribution in [-0.2, 0) is 0 Å². The highest BCUT2D eigenvalue weighted by Crippen LogP contribution is 2.29. The molecule has 0 bridgehead atoms. The number of hydrogen-bond donors (Lipinski definition) is 0. The second-order valence-corrected chi connectivity index (χ2v) is 5.12. The third-order valence-electron chi connectivity index (χ3n) is 3.81. The number of halogens is 2. The van der Waals surface area contributed by atoms with Crippen LogP contribution in [0.4, 0.5) is 14.5 Å². The molecule has 0 saturated carbocycles. The van der Waals surface area contributed by atoms with Crippen LogP contribution in [0.1, 0.15) is 16.2 Å². The van der Waals surface area contributed by atoms with Crippen LogP contribution < -0.4 is 5.56 Å². The van der Waals surface area contributed by atoms with Gasteiger partial charge in [0.2, 0.25) is 5.78 Å². The fourth-order valence-corrected chi connectivity index (χ4v) is 2.72. The number of carbonyl (C=O) groups is 1. The van der Waals surface area contributed by atoms with Crippen molar-refractivity contribution in [2.45, 2.75) is 0 Å². The molecule has 7 nitrogen and oxygen atoms in total. The van der Waals surface area contributed by atoms with Gasteiger partial charge in [-0.1, -0.05) is 0 Å². The van der Waals surface area contributed by atoms with Gasteiger partial charge in [-0.2, -0.15) is 0 Å². The molecule has 0 radical (unpaired) electrons. The molecule has 0 atom stereocenters. The summed E-state index contributed by atoms with van der Waals surface area (Å²) in [5.74, 6) is -3.57. The minimum Gasteiger partial charge on any atom is -0.285 e. The molecule has 0 N–H and O–H groups in total. The fraction of sp³-hybridized carbons (Fsp3) is 0. The number of ketones is 1. The third kappa shape index (κ3) is 1.66. The van der Waals surface area contributed by atoms with Crippen molar-refractivity contribution in [1.29, 1.82) is 0 Å². The van der Waals surface area contributed by atoms with Crippen LogP contribution in [0.5, 0.6) is 0 Å². The summed E-state index contributed by atoms with van der Waals surface area (Å²) in [7, 11) is 0. The number of hydrogen-bond acceptors (Lipinski definition) is 5. The molecule has 2 heterocycles. The van der Waals surface area contributed by atoms with Crippen LogP contribution in [0.25, 0.3) is 16.6 Å². The van der Waals surface area contributed by atoms with Gasteiger partial charge < -0.3 is 0 Å². The van der Waals surface area contributed by atoms with Crippen molar-refractivity contribution in [3.05, 3.63) is 73.8 Å². The summed E-state index contributed by atoms with van der Waals surface area (Å²) in [6.45, 7) is 0. The molecule has 0 aliphatic carbocycles. The monoisotopic (exact) mass is 329 g/mol. The Morgan fingerprint density at radius 2 is 1.88 bits per heavy atom. The first-order valence-corrected chi connectivity index (χ1v) is 6.64. The van der Waals surface area contributed by atoms with Crippen molar-refractivity contribution >= 4 is 22.4 Å². The standard InChI is InChI=1S/C15H5F2N3O4/c16-8-2-3-9-11(12(8)17)15(22)19-10-4-1-6(20(23)24)5-7(10)13(21)14(19)18-9/h1-5H. The van der Waals surface area contributed by atoms with E-state index >= 15 is 0 Å². The van der Waals surface area contributed by atoms with Crippen LogP contribution >= 0.6 is 0 Å². The molecule has 0 fully saturated rings. The smallest absolute Gasteiger partial charge is 0.270 e. The second-order valence-electron chi connectivity index (χ2n) is 5.12. The quantitative estimate of drug-likeness (QED) is 0.394. The molecule has 0 amide bonds. The van der Waals surface area contributed by atoms with E-state index in [1.54, 1.807) is 0 Å². The Morgan fingerprint density at radius 1 is 1.12 bits per heavy atom. The highest BCUT2D eigenvalue weighted by molar-refractivity contribution is 6.13. The van der Waals surface area contributed by atoms with E-state index in [-0.39, 0.29) is 28.3 Å². The summed E-state index contributed by atoms with van der Waals surface area (Å²) in [5, 5.41) is 10.3. The van der Waals surface area contributed by atoms with Crippen molar-refractivity contribution in [1.82, 2.24) is 9.55 Å². The summed E-state index contributed by atoms with van der Waals surface area (Å²) in [5.41, 5.74) is -1.49. The Kier molecular flexibility index (Phi) is 2.65. The lowest BCUT2D eigenvalue weighted by molar-refractivity contribution is -0.384. The number of rotatable bonds is 1. The molecule has 1 aromatic heterocycles. The zero-order valence-electron chi connectivity index (χ0n) is 11.6. The van der Waals surface area contributed by atoms with Crippen molar-refractivity contribution in [2.24, 2.45) is 0 Å². The molecule has 3 aromatic rings. The van der Waals surface area contributed by atoms with Crippen molar-refractivity contribution in [3.63, 3.8) is 0 Å². The molecule has 0 unspecified atom stereocenters. The average Bonchev–Trinajstić information content (AvgIpc) is 2.83. The maximum atomic E-state index is 14.0. The number of nitro groups is 1. The van der Waals surface area contributed by atoms with Crippen LogP contribution in [-0.4, -0.2) is 20.3 Å². The first-order valence-electron chi connectivity index (χ1n) is 6.64. The van der Waals surface area contributed by atoms with E-state index in [0.717, 1.165) is 28.8 Å². The zero-order valence-corrected chi connectivity index (χ0v) is 11.6. The molecule has 1 aliphatic heterocycles. The van der Waals surface area contributed by atoms with E-state index in [4.69, 9.17) is 0 Å². The lowest BCUT2D eigenvalue weighted by Crippen LogP contribution is -2.22. The van der Waals surface area contributed by atoms with Crippen LogP contribution in [0.2, 0.25) is 0 Å². The van der Waals surface area contributed by atoms with Gasteiger partial charge in [-0.15, -0.1) is 0 Å². The van der Waals surface area contributed by atoms with Crippen molar-refractivity contribution in [3.8, 4) is 5.69 Å². The Balaban J connectivity index is 2.13. The topological polar surface area (TPSA) is 95.1 Å². The van der Waals surface area contributed by atoms with Crippen LogP contribution in [0.3, 0.4) is 0 Å². The lowest BCUT2D eigenvalue weighted by atomic mass is 10.1. The molecule has 9 heteroatoms. The number of aromatic nitrogens is 2. The largest absolute Gasteiger partial charge is 0.285 e. The summed E-state index contributed by atoms with van der Waals surface area (Å²) < 4.78 is 28.2. The highest BCUT2D eigenvalue weighted by Gasteiger charge is 2.32. The summed E-state index contributed by atoms with van der Waals surface area (Å²) in [4.78, 5) is 39.0. The number of carbonyl (C=O) groups excluding carboxylic acids is 1. The normalized spacial score (nSPS) is 12.3. The van der Waals surface area contributed by atoms with Gasteiger partial charge in [0.1, 0.15) is 5.39 Å². The Morgan fingerprint density at radius 3 is 2.58 bits per heavy atom. The Labute approximate surface area is 130 Å². The van der Waals surface area contributed by atoms with E-state index < -0.39 is 33.3 Å². The predicted octanol–water partition coefficient (Wildman–Crippen LogP) is 2.12. The SMILES string of the molecule is O=C1c2cc([N+](=O)[O-])ccc2-n2c1nc1ccc(F)c(F)c1c2=O. The maximum absolute atomic E-state index is 14.0. The first kappa shape index (κ1) is 14.1. The van der Waals surface area contributed by atoms with Crippen LogP contribution in [0.15, 0.2) is 35.1 Å². The van der Waals surface area contributed by atoms with E-state index in [9.17, 15) is 28.5 Å². The van der Waals surface area contributed by atoms with Gasteiger partial charge in [0.05, 0.1) is 21.7 Å². The molecule has 0 saturated heterocycles. The van der Waals surface area contributed by atoms with Gasteiger partial charge in [0, 0.05) is 12.1 Å². The number of nitro benzene ring substituents is 1. The maximum Gasteiger partial charge on any atom is 0.270 e. The lowest BCUT2D eigenvalue weighted by Gasteiger charge is -2.06. The van der Waals surface area contributed by atoms with Gasteiger partial charge in [-0.05, 0) is 18.2 Å². The zero-order chi connectivity index (χ0) is 17.2. The minimum atomic E-state index is -1.36. The van der Waals surface area contributed by atoms with Crippen molar-refractivity contribution in [2.75, 3.05) is 0 Å². The highest BCUT2D eigenvalue weighted by atomic mass is 19.2. The molecule has 1 aliphatic rings. The number of non-ortho nitro benzene ring substituents is 1. The molecule has 118 valence electrons. The predicted molar refractivity (Wildman–Crippen MR) is 77.3 cm³/mol. The second kappa shape index (κ2) is 4.51. The van der Waals surface area contributed by atoms with Gasteiger partial charge in [0.15, 0.2) is 17.5 Å². The van der Waals surface area contributed by atoms with E-state index in [1.807, 2.05) is 0 Å². The fourth-order valence-electron chi connectivity index (χ4n) is 2.72. The Bertz CT molecular complexity index is 1150. The first-order chi connectivity index (χ1) is 11.4. The molecule has 24 heavy (non-hydrogen) atoms. The Hall–Kier alpha value is -3.49. The van der Waals surface area contributed by atoms with E-state index in [1.165, 1.54) is 6.07 Å². The van der Waals surface area contributed by atoms with Gasteiger partial charge >= 0.3 is 0 Å². The minimum absolute atomic E-state index is 0.0451. The number of benzene rings is 2. The molecule has 0 spiro atoms. The molecular weight excluding hydrogens is 324 g/mol. The van der Waals surface area contributed by atoms with Gasteiger partial charge in [-0.25, -0.2) is 13.8 Å². The van der Waals surface area contributed by atoms with E-state index in [0.29, 0.717) is 0 Å². The van der Waals surface area contributed by atoms with Gasteiger partial charge in [0.25, 0.3) is 11.2 Å². The molecular formula is C15H5F2N3O4.